The van der Waals surface area contributed by atoms with Crippen molar-refractivity contribution in [3.05, 3.63) is 11.6 Å². The summed E-state index contributed by atoms with van der Waals surface area (Å²) < 4.78 is 31.7. The van der Waals surface area contributed by atoms with Crippen molar-refractivity contribution >= 4 is 45.2 Å². The molecule has 3 atom stereocenters. The van der Waals surface area contributed by atoms with Gasteiger partial charge >= 0.3 is 18.2 Å². The number of fused-ring (bicyclic) bond motifs is 2. The number of halogens is 3. The van der Waals surface area contributed by atoms with Crippen LogP contribution >= 0.6 is 11.3 Å². The van der Waals surface area contributed by atoms with E-state index in [0.29, 0.717) is 11.0 Å². The van der Waals surface area contributed by atoms with Crippen molar-refractivity contribution in [3.63, 3.8) is 0 Å². The molecule has 2 aliphatic rings. The summed E-state index contributed by atoms with van der Waals surface area (Å²) in [6.07, 6.45) is -2.13. The number of hydrogen-bond donors (Lipinski definition) is 6. The van der Waals surface area contributed by atoms with Gasteiger partial charge in [0.15, 0.2) is 0 Å². The second-order valence-electron chi connectivity index (χ2n) is 6.39. The quantitative estimate of drug-likeness (QED) is 0.410. The molecule has 14 heteroatoms. The number of nitrogens with two attached hydrogens (primary N) is 2. The number of alkyl halides is 3. The zero-order chi connectivity index (χ0) is 21.9. The molecule has 4 amide bonds. The molecule has 3 heterocycles. The number of primary amides is 2. The molecule has 3 rings (SSSR count). The normalized spacial score (nSPS) is 22.4. The molecule has 29 heavy (non-hydrogen) atoms. The maximum atomic E-state index is 12.3. The van der Waals surface area contributed by atoms with Crippen molar-refractivity contribution in [3.8, 4) is 0 Å². The van der Waals surface area contributed by atoms with E-state index in [1.807, 2.05) is 0 Å². The first-order chi connectivity index (χ1) is 13.4. The van der Waals surface area contributed by atoms with Gasteiger partial charge in [0.2, 0.25) is 5.91 Å². The Kier molecular flexibility index (Phi) is 6.69. The number of carboxylic acids is 1. The third-order valence-corrected chi connectivity index (χ3v) is 5.33. The Hall–Kier alpha value is -2.87. The molecule has 0 spiro atoms. The summed E-state index contributed by atoms with van der Waals surface area (Å²) in [7, 11) is 0. The van der Waals surface area contributed by atoms with E-state index in [2.05, 4.69) is 16.0 Å². The highest BCUT2D eigenvalue weighted by Gasteiger charge is 2.42. The van der Waals surface area contributed by atoms with Crippen molar-refractivity contribution in [2.45, 2.75) is 37.5 Å². The van der Waals surface area contributed by atoms with Gasteiger partial charge in [0.05, 0.1) is 16.5 Å². The van der Waals surface area contributed by atoms with E-state index >= 15 is 0 Å². The number of thiophene rings is 1. The number of anilines is 2. The second kappa shape index (κ2) is 8.65. The molecule has 2 saturated heterocycles. The zero-order valence-corrected chi connectivity index (χ0v) is 15.5. The molecule has 1 aromatic heterocycles. The van der Waals surface area contributed by atoms with Crippen molar-refractivity contribution in [2.24, 2.45) is 17.4 Å². The highest BCUT2D eigenvalue weighted by atomic mass is 32.1. The van der Waals surface area contributed by atoms with Gasteiger partial charge in [-0.25, -0.2) is 9.59 Å². The average Bonchev–Trinajstić information content (AvgIpc) is 3.29. The van der Waals surface area contributed by atoms with Crippen LogP contribution in [-0.4, -0.2) is 47.2 Å². The summed E-state index contributed by atoms with van der Waals surface area (Å²) in [5.41, 5.74) is 10.4. The van der Waals surface area contributed by atoms with Gasteiger partial charge in [-0.1, -0.05) is 11.3 Å². The van der Waals surface area contributed by atoms with Crippen LogP contribution in [0.15, 0.2) is 6.07 Å². The van der Waals surface area contributed by atoms with Gasteiger partial charge in [0, 0.05) is 12.1 Å². The van der Waals surface area contributed by atoms with Gasteiger partial charge < -0.3 is 27.2 Å². The van der Waals surface area contributed by atoms with E-state index in [4.69, 9.17) is 21.4 Å². The molecule has 1 aromatic rings. The first-order valence-electron chi connectivity index (χ1n) is 8.25. The molecule has 0 aliphatic carbocycles. The van der Waals surface area contributed by atoms with Gasteiger partial charge in [0.1, 0.15) is 5.00 Å². The maximum Gasteiger partial charge on any atom is 0.490 e. The van der Waals surface area contributed by atoms with Crippen molar-refractivity contribution in [1.29, 1.82) is 0 Å². The Morgan fingerprint density at radius 2 is 1.79 bits per heavy atom. The molecular formula is C15H18F3N5O5S. The lowest BCUT2D eigenvalue weighted by atomic mass is 9.88. The number of carboxylic acid groups (broad SMARTS) is 1. The van der Waals surface area contributed by atoms with Crippen LogP contribution in [0.4, 0.5) is 28.0 Å². The number of carbonyl (C=O) groups is 4. The standard InChI is InChI=1S/C13H17N5O3S.C2HF3O2/c14-10(19)7-4-9(22-12(7)18-13(15)21)17-11(20)6-3-5-1-2-8(6)16-5;3-2(4,5)1(6)7/h4-6,8,16H,1-3H2,(H2,14,19)(H,17,20)(H3,15,18,21);(H,6,7). The van der Waals surface area contributed by atoms with E-state index < -0.39 is 24.1 Å². The number of aliphatic carboxylic acids is 1. The minimum absolute atomic E-state index is 0.0644. The van der Waals surface area contributed by atoms with Crippen LogP contribution in [0.25, 0.3) is 0 Å². The number of nitrogens with one attached hydrogen (secondary N) is 3. The smallest absolute Gasteiger partial charge is 0.475 e. The van der Waals surface area contributed by atoms with Crippen LogP contribution in [0.1, 0.15) is 29.6 Å². The van der Waals surface area contributed by atoms with Crippen LogP contribution in [0.3, 0.4) is 0 Å². The molecule has 160 valence electrons. The van der Waals surface area contributed by atoms with E-state index in [1.54, 1.807) is 0 Å². The molecule has 3 unspecified atom stereocenters. The molecule has 10 nitrogen and oxygen atoms in total. The molecule has 0 aromatic carbocycles. The fourth-order valence-electron chi connectivity index (χ4n) is 3.17. The molecule has 2 bridgehead atoms. The summed E-state index contributed by atoms with van der Waals surface area (Å²) in [6, 6.07) is 1.32. The van der Waals surface area contributed by atoms with Gasteiger partial charge in [-0.05, 0) is 25.3 Å². The largest absolute Gasteiger partial charge is 0.490 e. The second-order valence-corrected chi connectivity index (χ2v) is 7.44. The Morgan fingerprint density at radius 3 is 2.21 bits per heavy atom. The fraction of sp³-hybridized carbons (Fsp3) is 0.467. The minimum atomic E-state index is -5.08. The van der Waals surface area contributed by atoms with Crippen LogP contribution in [0, 0.1) is 5.92 Å². The first-order valence-corrected chi connectivity index (χ1v) is 9.07. The Bertz CT molecular complexity index is 828. The van der Waals surface area contributed by atoms with Crippen LogP contribution in [0.5, 0.6) is 0 Å². The van der Waals surface area contributed by atoms with Gasteiger partial charge in [-0.3, -0.25) is 14.9 Å². The SMILES string of the molecule is NC(=O)Nc1sc(NC(=O)C2CC3CCC2N3)cc1C(N)=O.O=C(O)C(F)(F)F. The monoisotopic (exact) mass is 437 g/mol. The third kappa shape index (κ3) is 5.80. The summed E-state index contributed by atoms with van der Waals surface area (Å²) in [4.78, 5) is 43.6. The summed E-state index contributed by atoms with van der Waals surface area (Å²) in [5, 5.41) is 16.4. The maximum absolute atomic E-state index is 12.3. The van der Waals surface area contributed by atoms with Crippen molar-refractivity contribution in [2.75, 3.05) is 10.6 Å². The summed E-state index contributed by atoms with van der Waals surface area (Å²) in [5.74, 6) is -3.59. The van der Waals surface area contributed by atoms with E-state index in [-0.39, 0.29) is 28.4 Å². The Morgan fingerprint density at radius 1 is 1.17 bits per heavy atom. The predicted octanol–water partition coefficient (Wildman–Crippen LogP) is 1.05. The number of carbonyl (C=O) groups excluding carboxylic acids is 3. The molecular weight excluding hydrogens is 419 g/mol. The van der Waals surface area contributed by atoms with Crippen LogP contribution in [0.2, 0.25) is 0 Å². The van der Waals surface area contributed by atoms with Gasteiger partial charge in [-0.2, -0.15) is 13.2 Å². The van der Waals surface area contributed by atoms with Gasteiger partial charge in [-0.15, -0.1) is 0 Å². The highest BCUT2D eigenvalue weighted by molar-refractivity contribution is 7.20. The van der Waals surface area contributed by atoms with Crippen LogP contribution in [-0.2, 0) is 9.59 Å². The first kappa shape index (κ1) is 22.4. The van der Waals surface area contributed by atoms with E-state index in [0.717, 1.165) is 30.6 Å². The van der Waals surface area contributed by atoms with Crippen LogP contribution < -0.4 is 27.4 Å². The third-order valence-electron chi connectivity index (χ3n) is 4.36. The molecule has 2 aliphatic heterocycles. The lowest BCUT2D eigenvalue weighted by Gasteiger charge is -2.18. The predicted molar refractivity (Wildman–Crippen MR) is 96.4 cm³/mol. The topological polar surface area (TPSA) is 177 Å². The molecule has 0 saturated carbocycles. The Balaban J connectivity index is 0.000000370. The number of rotatable bonds is 4. The fourth-order valence-corrected chi connectivity index (χ4v) is 4.14. The molecule has 2 fully saturated rings. The van der Waals surface area contributed by atoms with Gasteiger partial charge in [0.25, 0.3) is 5.91 Å². The number of amides is 4. The Labute approximate surface area is 165 Å². The average molecular weight is 437 g/mol. The molecule has 0 radical (unpaired) electrons. The van der Waals surface area contributed by atoms with E-state index in [9.17, 15) is 27.6 Å². The van der Waals surface area contributed by atoms with E-state index in [1.165, 1.54) is 6.07 Å². The zero-order valence-electron chi connectivity index (χ0n) is 14.7. The summed E-state index contributed by atoms with van der Waals surface area (Å²) >= 11 is 1.06. The van der Waals surface area contributed by atoms with Crippen molar-refractivity contribution in [1.82, 2.24) is 5.32 Å². The van der Waals surface area contributed by atoms with Crippen molar-refractivity contribution < 1.29 is 37.5 Å². The minimum Gasteiger partial charge on any atom is -0.475 e. The summed E-state index contributed by atoms with van der Waals surface area (Å²) in [6.45, 7) is 0. The lowest BCUT2D eigenvalue weighted by Crippen LogP contribution is -2.32. The number of hydrogen-bond acceptors (Lipinski definition) is 6. The highest BCUT2D eigenvalue weighted by Crippen LogP contribution is 2.36. The molecule has 8 N–H and O–H groups in total. The number of urea groups is 1. The lowest BCUT2D eigenvalue weighted by molar-refractivity contribution is -0.192.